The maximum Gasteiger partial charge on any atom is 0.0468 e. The summed E-state index contributed by atoms with van der Waals surface area (Å²) in [6.07, 6.45) is 11.7. The minimum absolute atomic E-state index is 0.565. The first-order chi connectivity index (χ1) is 35.1. The van der Waals surface area contributed by atoms with E-state index >= 15 is 0 Å². The number of anilines is 11. The molecule has 2 aliphatic carbocycles. The van der Waals surface area contributed by atoms with E-state index in [1.807, 2.05) is 0 Å². The van der Waals surface area contributed by atoms with Crippen molar-refractivity contribution in [1.82, 2.24) is 0 Å². The maximum absolute atomic E-state index is 2.44. The van der Waals surface area contributed by atoms with E-state index < -0.39 is 0 Å². The molecule has 0 aromatic heterocycles. The maximum atomic E-state index is 2.44. The molecule has 0 bridgehead atoms. The zero-order valence-corrected chi connectivity index (χ0v) is 39.8. The second kappa shape index (κ2) is 19.3. The normalized spacial score (nSPS) is 15.1. The molecule has 0 saturated carbocycles. The van der Waals surface area contributed by atoms with Crippen molar-refractivity contribution in [2.24, 2.45) is 11.8 Å². The fourth-order valence-corrected chi connectivity index (χ4v) is 10.6. The van der Waals surface area contributed by atoms with Crippen LogP contribution in [-0.2, 0) is 0 Å². The van der Waals surface area contributed by atoms with Crippen LogP contribution in [0.15, 0.2) is 284 Å². The van der Waals surface area contributed by atoms with Gasteiger partial charge >= 0.3 is 0 Å². The topological polar surface area (TPSA) is 13.0 Å². The molecule has 10 aromatic rings. The second-order valence-corrected chi connectivity index (χ2v) is 18.7. The van der Waals surface area contributed by atoms with Gasteiger partial charge in [-0.2, -0.15) is 0 Å². The van der Waals surface area contributed by atoms with E-state index in [4.69, 9.17) is 0 Å². The number of fused-ring (bicyclic) bond motifs is 3. The fourth-order valence-electron chi connectivity index (χ4n) is 10.6. The molecule has 0 radical (unpaired) electrons. The Bertz CT molecular complexity index is 3380. The quantitative estimate of drug-likeness (QED) is 0.121. The molecule has 2 aliphatic rings. The molecule has 10 aromatic carbocycles. The molecule has 71 heavy (non-hydrogen) atoms. The molecule has 0 heterocycles. The van der Waals surface area contributed by atoms with Crippen LogP contribution < -0.4 is 19.6 Å². The Kier molecular flexibility index (Phi) is 11.8. The van der Waals surface area contributed by atoms with E-state index in [1.54, 1.807) is 0 Å². The van der Waals surface area contributed by atoms with Crippen molar-refractivity contribution in [3.05, 3.63) is 284 Å². The van der Waals surface area contributed by atoms with Crippen LogP contribution in [0.2, 0.25) is 0 Å². The molecular formula is C67H54N4. The van der Waals surface area contributed by atoms with Gasteiger partial charge in [0.1, 0.15) is 0 Å². The highest BCUT2D eigenvalue weighted by Crippen LogP contribution is 2.44. The minimum atomic E-state index is 0.565. The fraction of sp³-hybridized carbons (Fsp3) is 0.0746. The van der Waals surface area contributed by atoms with Crippen LogP contribution in [0.4, 0.5) is 62.6 Å². The van der Waals surface area contributed by atoms with Crippen LogP contribution in [0.1, 0.15) is 19.8 Å². The number of rotatable bonds is 12. The van der Waals surface area contributed by atoms with Crippen molar-refractivity contribution in [3.8, 4) is 0 Å². The van der Waals surface area contributed by atoms with Gasteiger partial charge in [-0.15, -0.1) is 0 Å². The number of allylic oxidation sites excluding steroid dienone is 5. The molecule has 4 nitrogen and oxygen atoms in total. The van der Waals surface area contributed by atoms with Gasteiger partial charge in [0.05, 0.1) is 0 Å². The summed E-state index contributed by atoms with van der Waals surface area (Å²) in [5.74, 6) is 1.21. The third-order valence-corrected chi connectivity index (χ3v) is 14.2. The average Bonchev–Trinajstić information content (AvgIpc) is 3.43. The lowest BCUT2D eigenvalue weighted by Crippen LogP contribution is -2.23. The molecule has 342 valence electrons. The summed E-state index contributed by atoms with van der Waals surface area (Å²) in [7, 11) is 0. The molecule has 2 unspecified atom stereocenters. The molecule has 0 amide bonds. The number of hydrogen-bond donors (Lipinski definition) is 0. The Hall–Kier alpha value is -8.86. The van der Waals surface area contributed by atoms with Crippen LogP contribution in [0, 0.1) is 11.8 Å². The van der Waals surface area contributed by atoms with Crippen LogP contribution in [-0.4, -0.2) is 0 Å². The van der Waals surface area contributed by atoms with E-state index in [1.165, 1.54) is 32.8 Å². The molecular weight excluding hydrogens is 861 g/mol. The summed E-state index contributed by atoms with van der Waals surface area (Å²) >= 11 is 0. The molecule has 4 heteroatoms. The molecule has 0 saturated heterocycles. The van der Waals surface area contributed by atoms with Gasteiger partial charge in [0.2, 0.25) is 0 Å². The Balaban J connectivity index is 0.951. The monoisotopic (exact) mass is 914 g/mol. The number of hydrogen-bond acceptors (Lipinski definition) is 4. The smallest absolute Gasteiger partial charge is 0.0468 e. The number of para-hydroxylation sites is 3. The zero-order chi connectivity index (χ0) is 47.5. The Morgan fingerprint density at radius 3 is 1.06 bits per heavy atom. The van der Waals surface area contributed by atoms with Gasteiger partial charge < -0.3 is 19.6 Å². The lowest BCUT2D eigenvalue weighted by atomic mass is 9.76. The van der Waals surface area contributed by atoms with Gasteiger partial charge in [0.15, 0.2) is 0 Å². The van der Waals surface area contributed by atoms with E-state index in [0.29, 0.717) is 11.8 Å². The highest BCUT2D eigenvalue weighted by molar-refractivity contribution is 5.91. The van der Waals surface area contributed by atoms with Gasteiger partial charge in [-0.1, -0.05) is 140 Å². The molecule has 12 rings (SSSR count). The van der Waals surface area contributed by atoms with Crippen molar-refractivity contribution in [2.45, 2.75) is 19.8 Å². The molecule has 0 N–H and O–H groups in total. The van der Waals surface area contributed by atoms with E-state index in [2.05, 4.69) is 300 Å². The summed E-state index contributed by atoms with van der Waals surface area (Å²) in [6.45, 7) is 2.38. The summed E-state index contributed by atoms with van der Waals surface area (Å²) in [6, 6.07) is 89.7. The van der Waals surface area contributed by atoms with Gasteiger partial charge in [0.25, 0.3) is 0 Å². The van der Waals surface area contributed by atoms with Crippen molar-refractivity contribution < 1.29 is 0 Å². The highest BCUT2D eigenvalue weighted by atomic mass is 15.2. The average molecular weight is 915 g/mol. The van der Waals surface area contributed by atoms with Crippen molar-refractivity contribution in [2.75, 3.05) is 19.6 Å². The summed E-state index contributed by atoms with van der Waals surface area (Å²) in [5.41, 5.74) is 14.6. The Morgan fingerprint density at radius 2 is 0.634 bits per heavy atom. The molecule has 2 atom stereocenters. The SMILES string of the molecule is CC1CC=CC2=CC(N(c3ccccc3)c3ccc(N(c4ccc(N(c5ccccc5)c5ccc6ccccc6c5)cc4)c4ccc(N(c5ccccc5)c5ccc6ccccc6c5)cc4)cc3)=CCC21. The van der Waals surface area contributed by atoms with Crippen LogP contribution in [0.25, 0.3) is 21.5 Å². The summed E-state index contributed by atoms with van der Waals surface area (Å²) in [4.78, 5) is 9.46. The summed E-state index contributed by atoms with van der Waals surface area (Å²) in [5, 5.41) is 4.86. The zero-order valence-electron chi connectivity index (χ0n) is 39.8. The molecule has 0 aliphatic heterocycles. The standard InChI is InChI=1S/C67H54N4/c1-49-16-15-21-54-48-66(44-45-67(49)54)71(57-26-9-4-10-27-57)63-42-36-60(37-43-63)68(58-32-38-61(39-33-58)69(55-22-5-2-6-23-55)64-30-28-50-17-11-13-19-52(50)46-64)59-34-40-62(41-35-59)70(56-24-7-3-8-25-56)65-31-29-51-18-12-14-20-53(51)47-65/h2-15,17-44,46-49,67H,16,45H2,1H3. The van der Waals surface area contributed by atoms with Gasteiger partial charge in [-0.25, -0.2) is 0 Å². The predicted octanol–water partition coefficient (Wildman–Crippen LogP) is 19.0. The lowest BCUT2D eigenvalue weighted by molar-refractivity contribution is 0.407. The predicted molar refractivity (Wildman–Crippen MR) is 301 cm³/mol. The van der Waals surface area contributed by atoms with Gasteiger partial charge in [-0.3, -0.25) is 0 Å². The third-order valence-electron chi connectivity index (χ3n) is 14.2. The van der Waals surface area contributed by atoms with Crippen LogP contribution in [0.5, 0.6) is 0 Å². The first-order valence-electron chi connectivity index (χ1n) is 24.8. The first-order valence-corrected chi connectivity index (χ1v) is 24.8. The Morgan fingerprint density at radius 1 is 0.310 bits per heavy atom. The largest absolute Gasteiger partial charge is 0.311 e. The first kappa shape index (κ1) is 43.4. The van der Waals surface area contributed by atoms with Crippen molar-refractivity contribution in [3.63, 3.8) is 0 Å². The van der Waals surface area contributed by atoms with Gasteiger partial charge in [0, 0.05) is 68.3 Å². The third kappa shape index (κ3) is 8.77. The number of nitrogens with zero attached hydrogens (tertiary/aromatic N) is 4. The van der Waals surface area contributed by atoms with Crippen LogP contribution in [0.3, 0.4) is 0 Å². The van der Waals surface area contributed by atoms with Crippen molar-refractivity contribution >= 4 is 84.1 Å². The molecule has 0 fully saturated rings. The number of benzene rings is 10. The highest BCUT2D eigenvalue weighted by Gasteiger charge is 2.27. The Labute approximate surface area is 417 Å². The van der Waals surface area contributed by atoms with E-state index in [-0.39, 0.29) is 0 Å². The van der Waals surface area contributed by atoms with Crippen molar-refractivity contribution in [1.29, 1.82) is 0 Å². The summed E-state index contributed by atoms with van der Waals surface area (Å²) < 4.78 is 0. The molecule has 0 spiro atoms. The van der Waals surface area contributed by atoms with Gasteiger partial charge in [-0.05, 0) is 191 Å². The van der Waals surface area contributed by atoms with Crippen LogP contribution >= 0.6 is 0 Å². The lowest BCUT2D eigenvalue weighted by Gasteiger charge is -2.34. The van der Waals surface area contributed by atoms with E-state index in [9.17, 15) is 0 Å². The second-order valence-electron chi connectivity index (χ2n) is 18.7. The van der Waals surface area contributed by atoms with E-state index in [0.717, 1.165) is 75.4 Å². The minimum Gasteiger partial charge on any atom is -0.311 e.